The zero-order valence-electron chi connectivity index (χ0n) is 9.25. The first kappa shape index (κ1) is 10.9. The lowest BCUT2D eigenvalue weighted by atomic mass is 10.1. The Morgan fingerprint density at radius 2 is 1.94 bits per heavy atom. The fourth-order valence-electron chi connectivity index (χ4n) is 1.76. The van der Waals surface area contributed by atoms with Crippen molar-refractivity contribution in [2.24, 2.45) is 0 Å². The predicted octanol–water partition coefficient (Wildman–Crippen LogP) is 3.99. The van der Waals surface area contributed by atoms with Gasteiger partial charge in [-0.2, -0.15) is 0 Å². The van der Waals surface area contributed by atoms with Crippen molar-refractivity contribution in [2.45, 2.75) is 0 Å². The molecular formula is C14H8O3S. The third-order valence-corrected chi connectivity index (χ3v) is 2.93. The van der Waals surface area contributed by atoms with E-state index in [1.54, 1.807) is 18.2 Å². The minimum absolute atomic E-state index is 0.176. The van der Waals surface area contributed by atoms with E-state index in [-0.39, 0.29) is 16.3 Å². The van der Waals surface area contributed by atoms with Crippen LogP contribution in [0.5, 0.6) is 0 Å². The molecule has 0 atom stereocenters. The van der Waals surface area contributed by atoms with Crippen molar-refractivity contribution in [3.8, 4) is 0 Å². The summed E-state index contributed by atoms with van der Waals surface area (Å²) in [5, 5.41) is 0.834. The van der Waals surface area contributed by atoms with Gasteiger partial charge < -0.3 is 8.83 Å². The highest BCUT2D eigenvalue weighted by Gasteiger charge is 2.15. The molecule has 0 aliphatic carbocycles. The molecule has 2 heterocycles. The van der Waals surface area contributed by atoms with Crippen LogP contribution in [0.1, 0.15) is 16.1 Å². The molecule has 0 aliphatic rings. The molecule has 3 rings (SSSR count). The summed E-state index contributed by atoms with van der Waals surface area (Å²) in [5.74, 6) is -0.00826. The summed E-state index contributed by atoms with van der Waals surface area (Å²) in [6.07, 6.45) is 1.45. The van der Waals surface area contributed by atoms with Crippen LogP contribution in [0, 0.1) is 4.71 Å². The molecule has 0 N–H and O–H groups in total. The van der Waals surface area contributed by atoms with Gasteiger partial charge in [0.25, 0.3) is 0 Å². The van der Waals surface area contributed by atoms with Gasteiger partial charge >= 0.3 is 0 Å². The van der Waals surface area contributed by atoms with E-state index >= 15 is 0 Å². The van der Waals surface area contributed by atoms with E-state index in [0.29, 0.717) is 11.1 Å². The molecule has 88 valence electrons. The average molecular weight is 256 g/mol. The summed E-state index contributed by atoms with van der Waals surface area (Å²) < 4.78 is 10.7. The Balaban J connectivity index is 2.21. The van der Waals surface area contributed by atoms with Gasteiger partial charge in [0, 0.05) is 5.39 Å². The topological polar surface area (TPSA) is 43.4 Å². The highest BCUT2D eigenvalue weighted by molar-refractivity contribution is 7.71. The molecule has 1 aromatic carbocycles. The van der Waals surface area contributed by atoms with Crippen molar-refractivity contribution in [3.05, 3.63) is 64.8 Å². The minimum Gasteiger partial charge on any atom is -0.461 e. The standard InChI is InChI=1S/C14H8O3S/c15-13(12-6-3-7-16-12)10-8-9-4-1-2-5-11(9)17-14(10)18/h1-8H. The summed E-state index contributed by atoms with van der Waals surface area (Å²) in [5.41, 5.74) is 1.01. The second-order valence-electron chi connectivity index (χ2n) is 3.79. The smallest absolute Gasteiger partial charge is 0.232 e. The van der Waals surface area contributed by atoms with Gasteiger partial charge in [-0.1, -0.05) is 18.2 Å². The lowest BCUT2D eigenvalue weighted by Crippen LogP contribution is -2.00. The molecule has 2 aromatic heterocycles. The molecule has 3 nitrogen and oxygen atoms in total. The van der Waals surface area contributed by atoms with Gasteiger partial charge in [-0.3, -0.25) is 4.79 Å². The first-order valence-corrected chi connectivity index (χ1v) is 5.77. The number of para-hydroxylation sites is 1. The van der Waals surface area contributed by atoms with Crippen molar-refractivity contribution in [1.29, 1.82) is 0 Å². The second-order valence-corrected chi connectivity index (χ2v) is 4.16. The van der Waals surface area contributed by atoms with Gasteiger partial charge in [0.15, 0.2) is 5.76 Å². The molecule has 0 fully saturated rings. The van der Waals surface area contributed by atoms with E-state index in [0.717, 1.165) is 5.39 Å². The first-order valence-electron chi connectivity index (χ1n) is 5.37. The van der Waals surface area contributed by atoms with E-state index in [4.69, 9.17) is 21.1 Å². The van der Waals surface area contributed by atoms with Gasteiger partial charge in [-0.05, 0) is 36.5 Å². The van der Waals surface area contributed by atoms with Crippen LogP contribution >= 0.6 is 12.2 Å². The van der Waals surface area contributed by atoms with Gasteiger partial charge in [-0.15, -0.1) is 0 Å². The van der Waals surface area contributed by atoms with E-state index in [1.165, 1.54) is 6.26 Å². The molecule has 0 unspecified atom stereocenters. The number of fused-ring (bicyclic) bond motifs is 1. The highest BCUT2D eigenvalue weighted by atomic mass is 32.1. The zero-order chi connectivity index (χ0) is 12.5. The maximum absolute atomic E-state index is 12.2. The number of benzene rings is 1. The largest absolute Gasteiger partial charge is 0.461 e. The quantitative estimate of drug-likeness (QED) is 0.513. The Hall–Kier alpha value is -2.20. The SMILES string of the molecule is O=C(c1ccco1)c1cc2ccccc2oc1=S. The fraction of sp³-hybridized carbons (Fsp3) is 0. The van der Waals surface area contributed by atoms with Crippen LogP contribution in [0.15, 0.2) is 57.6 Å². The van der Waals surface area contributed by atoms with Gasteiger partial charge in [0.05, 0.1) is 11.8 Å². The highest BCUT2D eigenvalue weighted by Crippen LogP contribution is 2.20. The summed E-state index contributed by atoms with van der Waals surface area (Å²) in [6.45, 7) is 0. The lowest BCUT2D eigenvalue weighted by Gasteiger charge is -2.01. The number of carbonyl (C=O) groups excluding carboxylic acids is 1. The van der Waals surface area contributed by atoms with Crippen LogP contribution in [0.3, 0.4) is 0 Å². The Morgan fingerprint density at radius 3 is 2.72 bits per heavy atom. The fourth-order valence-corrected chi connectivity index (χ4v) is 2.00. The van der Waals surface area contributed by atoms with Crippen LogP contribution < -0.4 is 0 Å². The Kier molecular flexibility index (Phi) is 2.57. The van der Waals surface area contributed by atoms with Crippen molar-refractivity contribution < 1.29 is 13.6 Å². The summed E-state index contributed by atoms with van der Waals surface area (Å²) in [4.78, 5) is 12.2. The molecule has 0 bridgehead atoms. The van der Waals surface area contributed by atoms with Crippen LogP contribution in [0.25, 0.3) is 11.0 Å². The van der Waals surface area contributed by atoms with Crippen LogP contribution in [0.2, 0.25) is 0 Å². The predicted molar refractivity (Wildman–Crippen MR) is 69.2 cm³/mol. The molecule has 0 aliphatic heterocycles. The van der Waals surface area contributed by atoms with Gasteiger partial charge in [0.2, 0.25) is 10.5 Å². The van der Waals surface area contributed by atoms with E-state index in [1.807, 2.05) is 24.3 Å². The van der Waals surface area contributed by atoms with Crippen molar-refractivity contribution in [3.63, 3.8) is 0 Å². The van der Waals surface area contributed by atoms with Crippen LogP contribution in [0.4, 0.5) is 0 Å². The molecule has 3 aromatic rings. The second kappa shape index (κ2) is 4.23. The molecular weight excluding hydrogens is 248 g/mol. The molecule has 0 amide bonds. The van der Waals surface area contributed by atoms with Gasteiger partial charge in [-0.25, -0.2) is 0 Å². The van der Waals surface area contributed by atoms with E-state index in [9.17, 15) is 4.79 Å². The Bertz CT molecular complexity index is 769. The monoisotopic (exact) mass is 256 g/mol. The van der Waals surface area contributed by atoms with Crippen molar-refractivity contribution in [2.75, 3.05) is 0 Å². The Morgan fingerprint density at radius 1 is 1.11 bits per heavy atom. The Labute approximate surface area is 108 Å². The number of hydrogen-bond donors (Lipinski definition) is 0. The third-order valence-electron chi connectivity index (χ3n) is 2.63. The molecule has 0 spiro atoms. The van der Waals surface area contributed by atoms with Crippen molar-refractivity contribution in [1.82, 2.24) is 0 Å². The van der Waals surface area contributed by atoms with Crippen molar-refractivity contribution >= 4 is 29.0 Å². The van der Waals surface area contributed by atoms with E-state index in [2.05, 4.69) is 0 Å². The minimum atomic E-state index is -0.264. The molecule has 4 heteroatoms. The molecule has 0 saturated heterocycles. The number of ketones is 1. The average Bonchev–Trinajstić information content (AvgIpc) is 2.91. The third kappa shape index (κ3) is 1.76. The van der Waals surface area contributed by atoms with Crippen LogP contribution in [-0.4, -0.2) is 5.78 Å². The first-order chi connectivity index (χ1) is 8.75. The molecule has 18 heavy (non-hydrogen) atoms. The maximum Gasteiger partial charge on any atom is 0.232 e. The number of carbonyl (C=O) groups is 1. The summed E-state index contributed by atoms with van der Waals surface area (Å²) in [6, 6.07) is 12.4. The number of rotatable bonds is 2. The summed E-state index contributed by atoms with van der Waals surface area (Å²) >= 11 is 5.10. The normalized spacial score (nSPS) is 10.7. The van der Waals surface area contributed by atoms with Gasteiger partial charge in [0.1, 0.15) is 5.58 Å². The molecule has 0 saturated carbocycles. The zero-order valence-corrected chi connectivity index (χ0v) is 10.1. The number of furan rings is 1. The molecule has 0 radical (unpaired) electrons. The van der Waals surface area contributed by atoms with Crippen LogP contribution in [-0.2, 0) is 0 Å². The number of hydrogen-bond acceptors (Lipinski definition) is 4. The van der Waals surface area contributed by atoms with E-state index < -0.39 is 0 Å². The lowest BCUT2D eigenvalue weighted by molar-refractivity contribution is 0.101. The maximum atomic E-state index is 12.2. The summed E-state index contributed by atoms with van der Waals surface area (Å²) in [7, 11) is 0.